The van der Waals surface area contributed by atoms with E-state index in [9.17, 15) is 28.6 Å². The van der Waals surface area contributed by atoms with Gasteiger partial charge in [0.25, 0.3) is 0 Å². The Kier molecular flexibility index (Phi) is 44.9. The van der Waals surface area contributed by atoms with E-state index < -0.39 is 44.3 Å². The van der Waals surface area contributed by atoms with Crippen LogP contribution in [0.5, 0.6) is 0 Å². The molecular formula is C45H82NNaO11P. The zero-order valence-corrected chi connectivity index (χ0v) is 40.3. The van der Waals surface area contributed by atoms with Crippen LogP contribution in [0.1, 0.15) is 206 Å². The van der Waals surface area contributed by atoms with Crippen molar-refractivity contribution in [2.45, 2.75) is 213 Å². The summed E-state index contributed by atoms with van der Waals surface area (Å²) in [4.78, 5) is 57.6. The molecule has 0 heterocycles. The average molecular weight is 867 g/mol. The molecule has 1 unspecified atom stereocenters. The van der Waals surface area contributed by atoms with Gasteiger partial charge < -0.3 is 24.8 Å². The number of carboxylic acid groups (broad SMARTS) is 1. The summed E-state index contributed by atoms with van der Waals surface area (Å²) in [5.41, 5.74) is 0. The Morgan fingerprint density at radius 2 is 0.983 bits per heavy atom. The fourth-order valence-corrected chi connectivity index (χ4v) is 6.93. The molecule has 0 saturated heterocycles. The first-order chi connectivity index (χ1) is 28.1. The normalized spacial score (nSPS) is 12.9. The van der Waals surface area contributed by atoms with E-state index in [1.807, 2.05) is 0 Å². The molecule has 1 amide bonds. The maximum Gasteiger partial charge on any atom is 0.472 e. The standard InChI is InChI=1S/C45H82NO11P.Na/c1-3-5-7-9-11-13-15-17-19-21-23-25-27-29-31-33-44(50)54-39-41(40-56-58(52,53)55-38-37-46-42(47)35-36-43(48)49)57-45(51)34-32-30-28-26-24-22-20-18-16-14-12-10-8-6-4-2;/h17-20,41H,3-16,21-40H2,1-2H3,(H,46,47)(H,48,49)(H,52,53);/b19-17+,20-18+;/t41-;/m1./s1. The number of carbonyl (C=O) groups is 4. The Morgan fingerprint density at radius 1 is 0.559 bits per heavy atom. The molecule has 2 atom stereocenters. The first kappa shape index (κ1) is 59.6. The number of nitrogens with one attached hydrogen (secondary N) is 1. The minimum absolute atomic E-state index is 0. The number of phosphoric ester groups is 1. The second-order valence-electron chi connectivity index (χ2n) is 15.3. The topological polar surface area (TPSA) is 175 Å². The number of unbranched alkanes of at least 4 members (excludes halogenated alkanes) is 22. The number of amides is 1. The Labute approximate surface area is 380 Å². The van der Waals surface area contributed by atoms with Crippen molar-refractivity contribution in [3.8, 4) is 0 Å². The first-order valence-electron chi connectivity index (χ1n) is 22.8. The van der Waals surface area contributed by atoms with Crippen molar-refractivity contribution >= 4 is 61.2 Å². The number of rotatable bonds is 43. The summed E-state index contributed by atoms with van der Waals surface area (Å²) in [5, 5.41) is 11.1. The molecule has 0 saturated carbocycles. The molecule has 0 aliphatic carbocycles. The first-order valence-corrected chi connectivity index (χ1v) is 24.3. The maximum absolute atomic E-state index is 12.7. The van der Waals surface area contributed by atoms with Crippen LogP contribution in [0.25, 0.3) is 0 Å². The van der Waals surface area contributed by atoms with E-state index in [-0.39, 0.29) is 75.0 Å². The second-order valence-corrected chi connectivity index (χ2v) is 16.8. The van der Waals surface area contributed by atoms with Crippen LogP contribution in [0.2, 0.25) is 0 Å². The molecule has 14 heteroatoms. The maximum atomic E-state index is 12.7. The van der Waals surface area contributed by atoms with Gasteiger partial charge in [-0.2, -0.15) is 0 Å². The van der Waals surface area contributed by atoms with Crippen LogP contribution < -0.4 is 5.32 Å². The van der Waals surface area contributed by atoms with Crippen LogP contribution in [-0.2, 0) is 42.3 Å². The van der Waals surface area contributed by atoms with Crippen LogP contribution in [0, 0.1) is 0 Å². The van der Waals surface area contributed by atoms with Gasteiger partial charge in [-0.1, -0.05) is 141 Å². The quantitative estimate of drug-likeness (QED) is 0.0175. The summed E-state index contributed by atoms with van der Waals surface area (Å²) in [6.45, 7) is 3.07. The van der Waals surface area contributed by atoms with Gasteiger partial charge in [-0.05, 0) is 64.2 Å². The van der Waals surface area contributed by atoms with E-state index in [2.05, 4.69) is 43.5 Å². The van der Waals surface area contributed by atoms with Gasteiger partial charge in [-0.15, -0.1) is 0 Å². The van der Waals surface area contributed by atoms with Crippen molar-refractivity contribution in [2.24, 2.45) is 0 Å². The molecule has 0 fully saturated rings. The third-order valence-electron chi connectivity index (χ3n) is 9.68. The Bertz CT molecular complexity index is 1140. The molecule has 0 rings (SSSR count). The third kappa shape index (κ3) is 45.8. The van der Waals surface area contributed by atoms with Crippen molar-refractivity contribution < 1.29 is 52.3 Å². The molecule has 0 spiro atoms. The van der Waals surface area contributed by atoms with Crippen molar-refractivity contribution in [1.29, 1.82) is 0 Å². The van der Waals surface area contributed by atoms with E-state index in [4.69, 9.17) is 23.6 Å². The van der Waals surface area contributed by atoms with E-state index >= 15 is 0 Å². The summed E-state index contributed by atoms with van der Waals surface area (Å²) in [5.74, 6) is -2.62. The molecule has 339 valence electrons. The van der Waals surface area contributed by atoms with Gasteiger partial charge in [0.05, 0.1) is 19.6 Å². The van der Waals surface area contributed by atoms with Gasteiger partial charge in [0.1, 0.15) is 6.61 Å². The molecule has 59 heavy (non-hydrogen) atoms. The van der Waals surface area contributed by atoms with E-state index in [1.54, 1.807) is 0 Å². The van der Waals surface area contributed by atoms with Gasteiger partial charge in [0.2, 0.25) is 5.91 Å². The summed E-state index contributed by atoms with van der Waals surface area (Å²) in [6, 6.07) is 0. The van der Waals surface area contributed by atoms with Crippen LogP contribution in [0.15, 0.2) is 24.3 Å². The van der Waals surface area contributed by atoms with Crippen LogP contribution >= 0.6 is 7.82 Å². The van der Waals surface area contributed by atoms with Gasteiger partial charge in [-0.3, -0.25) is 28.2 Å². The Hall–Kier alpha value is -1.53. The van der Waals surface area contributed by atoms with E-state index in [1.165, 1.54) is 77.0 Å². The molecule has 0 aliphatic rings. The number of carbonyl (C=O) groups excluding carboxylic acids is 3. The van der Waals surface area contributed by atoms with Gasteiger partial charge in [0.15, 0.2) is 6.10 Å². The van der Waals surface area contributed by atoms with Crippen LogP contribution in [0.4, 0.5) is 0 Å². The number of esters is 2. The van der Waals surface area contributed by atoms with Crippen molar-refractivity contribution in [2.75, 3.05) is 26.4 Å². The fraction of sp³-hybridized carbons (Fsp3) is 0.822. The van der Waals surface area contributed by atoms with Crippen molar-refractivity contribution in [1.82, 2.24) is 5.32 Å². The minimum atomic E-state index is -4.61. The molecule has 0 aliphatic heterocycles. The average Bonchev–Trinajstić information content (AvgIpc) is 3.19. The number of carboxylic acids is 1. The smallest absolute Gasteiger partial charge is 0.472 e. The van der Waals surface area contributed by atoms with Gasteiger partial charge >= 0.3 is 25.7 Å². The molecule has 12 nitrogen and oxygen atoms in total. The molecule has 0 aromatic rings. The Morgan fingerprint density at radius 3 is 1.44 bits per heavy atom. The second kappa shape index (κ2) is 44.5. The summed E-state index contributed by atoms with van der Waals surface area (Å²) >= 11 is 0. The fourth-order valence-electron chi connectivity index (χ4n) is 6.17. The largest absolute Gasteiger partial charge is 0.481 e. The zero-order valence-electron chi connectivity index (χ0n) is 37.4. The molecule has 3 N–H and O–H groups in total. The number of ether oxygens (including phenoxy) is 2. The SMILES string of the molecule is CCCCCCCC/C=C/CCCCCCCC(=O)OC[C@H](COP(=O)(O)OCCNC(=O)CCC(=O)O)OC(=O)CCCCCCC/C=C/CCCCCCCC.[Na]. The number of hydrogen-bond acceptors (Lipinski definition) is 9. The molecule has 1 radical (unpaired) electrons. The molecule has 0 bridgehead atoms. The van der Waals surface area contributed by atoms with Crippen molar-refractivity contribution in [3.63, 3.8) is 0 Å². The number of allylic oxidation sites excluding steroid dienone is 4. The minimum Gasteiger partial charge on any atom is -0.481 e. The predicted molar refractivity (Wildman–Crippen MR) is 237 cm³/mol. The van der Waals surface area contributed by atoms with Gasteiger partial charge in [-0.25, -0.2) is 4.57 Å². The van der Waals surface area contributed by atoms with E-state index in [0.717, 1.165) is 77.0 Å². The van der Waals surface area contributed by atoms with Crippen LogP contribution in [-0.4, -0.2) is 95.8 Å². The molecule has 0 aromatic heterocycles. The number of aliphatic carboxylic acids is 1. The zero-order chi connectivity index (χ0) is 42.8. The van der Waals surface area contributed by atoms with Gasteiger partial charge in [0, 0.05) is 55.4 Å². The third-order valence-corrected chi connectivity index (χ3v) is 10.7. The summed E-state index contributed by atoms with van der Waals surface area (Å²) < 4.78 is 33.3. The molecular weight excluding hydrogens is 784 g/mol. The number of phosphoric acid groups is 1. The number of hydrogen-bond donors (Lipinski definition) is 3. The Balaban J connectivity index is 0. The monoisotopic (exact) mass is 867 g/mol. The van der Waals surface area contributed by atoms with Crippen molar-refractivity contribution in [3.05, 3.63) is 24.3 Å². The summed E-state index contributed by atoms with van der Waals surface area (Å²) in [6.07, 6.45) is 37.5. The molecule has 0 aromatic carbocycles. The van der Waals surface area contributed by atoms with Crippen LogP contribution in [0.3, 0.4) is 0 Å². The van der Waals surface area contributed by atoms with E-state index in [0.29, 0.717) is 12.8 Å². The summed E-state index contributed by atoms with van der Waals surface area (Å²) in [7, 11) is -4.61. The predicted octanol–water partition coefficient (Wildman–Crippen LogP) is 11.3.